The summed E-state index contributed by atoms with van der Waals surface area (Å²) in [5, 5.41) is 6.25. The van der Waals surface area contributed by atoms with Crippen LogP contribution in [0.4, 0.5) is 0 Å². The van der Waals surface area contributed by atoms with E-state index >= 15 is 0 Å². The van der Waals surface area contributed by atoms with E-state index in [0.29, 0.717) is 0 Å². The molecular formula is CH3NO2Zn. The molecule has 0 aliphatic heterocycles. The van der Waals surface area contributed by atoms with Crippen LogP contribution in [0.15, 0.2) is 0 Å². The average Bonchev–Trinajstić information content (AvgIpc) is 1.50. The molecule has 0 aliphatic carbocycles. The molecule has 0 amide bonds. The maximum absolute atomic E-state index is 7.75. The van der Waals surface area contributed by atoms with Crippen molar-refractivity contribution in [1.82, 2.24) is 0 Å². The predicted octanol–water partition coefficient (Wildman–Crippen LogP) is 0.151. The molecule has 0 saturated carbocycles. The maximum atomic E-state index is 7.75. The van der Waals surface area contributed by atoms with Gasteiger partial charge in [-0.2, -0.15) is 0 Å². The molecule has 0 bridgehead atoms. The summed E-state index contributed by atoms with van der Waals surface area (Å²) in [5.74, 6) is 4.75. The molecule has 0 aromatic rings. The molecule has 0 unspecified atom stereocenters. The van der Waals surface area contributed by atoms with Crippen molar-refractivity contribution >= 4 is 6.79 Å². The van der Waals surface area contributed by atoms with Gasteiger partial charge < -0.3 is 15.9 Å². The normalized spacial score (nSPS) is 2.00. The molecule has 0 aromatic carbocycles. The van der Waals surface area contributed by atoms with Crippen LogP contribution in [0.1, 0.15) is 0 Å². The fourth-order valence-corrected chi connectivity index (χ4v) is 0. The van der Waals surface area contributed by atoms with Crippen molar-refractivity contribution in [3.8, 4) is 0 Å². The summed E-state index contributed by atoms with van der Waals surface area (Å²) < 4.78 is 0. The molecule has 5 heavy (non-hydrogen) atoms. The zero-order valence-corrected chi connectivity index (χ0v) is 5.61. The molecule has 0 radical (unpaired) electrons. The molecule has 0 atom stereocenters. The number of hydrogen-bond acceptors (Lipinski definition) is 2. The SMILES string of the molecule is [CH-]=O.[NH-]O.[Zn+2]. The van der Waals surface area contributed by atoms with Crippen LogP contribution in [0.25, 0.3) is 5.90 Å². The first-order valence-electron chi connectivity index (χ1n) is 0.459. The summed E-state index contributed by atoms with van der Waals surface area (Å²) in [6.07, 6.45) is 0. The third-order valence-corrected chi connectivity index (χ3v) is 0. The molecule has 26 valence electrons. The van der Waals surface area contributed by atoms with Crippen LogP contribution in [0.5, 0.6) is 0 Å². The number of nitrogens with one attached hydrogen (secondary N) is 1. The molecule has 4 heteroatoms. The van der Waals surface area contributed by atoms with Crippen LogP contribution < -0.4 is 0 Å². The number of rotatable bonds is 0. The van der Waals surface area contributed by atoms with E-state index in [1.807, 2.05) is 0 Å². The van der Waals surface area contributed by atoms with E-state index in [1.54, 1.807) is 0 Å². The van der Waals surface area contributed by atoms with E-state index in [1.165, 1.54) is 0 Å². The topological polar surface area (TPSA) is 61.1 Å². The quantitative estimate of drug-likeness (QED) is 0.217. The summed E-state index contributed by atoms with van der Waals surface area (Å²) >= 11 is 0. The Kier molecular flexibility index (Phi) is 3610. The molecule has 0 spiro atoms. The van der Waals surface area contributed by atoms with Gasteiger partial charge in [0.05, 0.1) is 0 Å². The Hall–Kier alpha value is 0.213. The molecule has 0 saturated heterocycles. The first-order chi connectivity index (χ1) is 2.00. The van der Waals surface area contributed by atoms with Crippen molar-refractivity contribution in [2.75, 3.05) is 0 Å². The molecule has 0 rings (SSSR count). The van der Waals surface area contributed by atoms with Gasteiger partial charge in [-0.05, 0) is 0 Å². The van der Waals surface area contributed by atoms with Crippen LogP contribution in [-0.4, -0.2) is 12.0 Å². The monoisotopic (exact) mass is 125 g/mol. The minimum atomic E-state index is 0. The zero-order chi connectivity index (χ0) is 4.00. The van der Waals surface area contributed by atoms with Gasteiger partial charge >= 0.3 is 19.5 Å². The largest absolute Gasteiger partial charge is 2.00 e. The smallest absolute Gasteiger partial charge is 0.553 e. The molecule has 0 aliphatic rings. The number of hydrogen-bond donors (Lipinski definition) is 1. The summed E-state index contributed by atoms with van der Waals surface area (Å²) in [6, 6.07) is 0. The first kappa shape index (κ1) is 18.9. The Morgan fingerprint density at radius 3 is 1.40 bits per heavy atom. The van der Waals surface area contributed by atoms with Crippen LogP contribution >= 0.6 is 0 Å². The minimum absolute atomic E-state index is 0. The standard InChI is InChI=1S/CHO.H2NO.Zn/c2*1-2;/h1H;1-2H;/q2*-1;+2. The van der Waals surface area contributed by atoms with Crippen molar-refractivity contribution in [3.05, 3.63) is 5.90 Å². The van der Waals surface area contributed by atoms with Crippen molar-refractivity contribution in [2.45, 2.75) is 0 Å². The Balaban J connectivity index is -0.0000000133. The van der Waals surface area contributed by atoms with Gasteiger partial charge in [0.2, 0.25) is 0 Å². The zero-order valence-electron chi connectivity index (χ0n) is 2.64. The van der Waals surface area contributed by atoms with Crippen molar-refractivity contribution in [2.24, 2.45) is 0 Å². The summed E-state index contributed by atoms with van der Waals surface area (Å²) in [4.78, 5) is 7.75. The Bertz CT molecular complexity index is 9.61. The van der Waals surface area contributed by atoms with Gasteiger partial charge in [-0.15, -0.1) is 0 Å². The van der Waals surface area contributed by atoms with E-state index in [2.05, 4.69) is 6.79 Å². The second-order valence-corrected chi connectivity index (χ2v) is 0. The van der Waals surface area contributed by atoms with Crippen LogP contribution in [0.3, 0.4) is 0 Å². The Morgan fingerprint density at radius 1 is 1.40 bits per heavy atom. The molecular weight excluding hydrogens is 123 g/mol. The van der Waals surface area contributed by atoms with Gasteiger partial charge in [0.1, 0.15) is 0 Å². The van der Waals surface area contributed by atoms with E-state index in [4.69, 9.17) is 15.9 Å². The van der Waals surface area contributed by atoms with E-state index in [-0.39, 0.29) is 19.5 Å². The van der Waals surface area contributed by atoms with Crippen LogP contribution in [-0.2, 0) is 24.3 Å². The molecule has 0 heterocycles. The second kappa shape index (κ2) is 956. The fraction of sp³-hybridized carbons (Fsp3) is 0. The minimum Gasteiger partial charge on any atom is -0.553 e. The maximum Gasteiger partial charge on any atom is 2.00 e. The molecule has 0 aromatic heterocycles. The molecule has 0 fully saturated rings. The van der Waals surface area contributed by atoms with Crippen molar-refractivity contribution in [1.29, 1.82) is 0 Å². The Labute approximate surface area is 42.9 Å². The van der Waals surface area contributed by atoms with E-state index in [9.17, 15) is 0 Å². The summed E-state index contributed by atoms with van der Waals surface area (Å²) in [7, 11) is 0. The van der Waals surface area contributed by atoms with Gasteiger partial charge in [0.15, 0.2) is 0 Å². The summed E-state index contributed by atoms with van der Waals surface area (Å²) in [6.45, 7) is 3.25. The van der Waals surface area contributed by atoms with Crippen LogP contribution in [0.2, 0.25) is 0 Å². The fourth-order valence-electron chi connectivity index (χ4n) is 0. The number of carbonyl (C=O) groups excluding carboxylic acids is 1. The Morgan fingerprint density at radius 2 is 1.40 bits per heavy atom. The van der Waals surface area contributed by atoms with Gasteiger partial charge in [-0.25, -0.2) is 0 Å². The molecule has 2 N–H and O–H groups in total. The average molecular weight is 126 g/mol. The predicted molar refractivity (Wildman–Crippen MR) is 12.9 cm³/mol. The van der Waals surface area contributed by atoms with Crippen molar-refractivity contribution in [3.63, 3.8) is 0 Å². The van der Waals surface area contributed by atoms with Gasteiger partial charge in [-0.1, -0.05) is 0 Å². The van der Waals surface area contributed by atoms with E-state index in [0.717, 1.165) is 0 Å². The second-order valence-electron chi connectivity index (χ2n) is 0. The molecule has 3 nitrogen and oxygen atoms in total. The third kappa shape index (κ3) is 453. The summed E-state index contributed by atoms with van der Waals surface area (Å²) in [5.41, 5.74) is 0. The van der Waals surface area contributed by atoms with Gasteiger partial charge in [0, 0.05) is 0 Å². The van der Waals surface area contributed by atoms with E-state index < -0.39 is 0 Å². The van der Waals surface area contributed by atoms with Gasteiger partial charge in [-0.3, -0.25) is 6.79 Å². The van der Waals surface area contributed by atoms with Crippen molar-refractivity contribution < 1.29 is 29.5 Å². The first-order valence-corrected chi connectivity index (χ1v) is 0.459. The van der Waals surface area contributed by atoms with Gasteiger partial charge in [0.25, 0.3) is 0 Å². The van der Waals surface area contributed by atoms with Crippen LogP contribution in [0, 0.1) is 0 Å². The third-order valence-electron chi connectivity index (χ3n) is 0.